The normalized spacial score (nSPS) is 18.0. The van der Waals surface area contributed by atoms with Gasteiger partial charge in [-0.25, -0.2) is 0 Å². The van der Waals surface area contributed by atoms with Crippen LogP contribution in [0.3, 0.4) is 0 Å². The van der Waals surface area contributed by atoms with Crippen LogP contribution in [-0.2, 0) is 0 Å². The van der Waals surface area contributed by atoms with E-state index in [1.165, 1.54) is 0 Å². The molecule has 0 radical (unpaired) electrons. The van der Waals surface area contributed by atoms with E-state index < -0.39 is 0 Å². The Hall–Kier alpha value is -0.0800. The van der Waals surface area contributed by atoms with Gasteiger partial charge in [0.05, 0.1) is 6.61 Å². The van der Waals surface area contributed by atoms with Gasteiger partial charge in [0.25, 0.3) is 0 Å². The fraction of sp³-hybridized carbons (Fsp3) is 1.00. The molecule has 0 fully saturated rings. The summed E-state index contributed by atoms with van der Waals surface area (Å²) in [6.07, 6.45) is 0. The van der Waals surface area contributed by atoms with Gasteiger partial charge in [-0.15, -0.1) is 0 Å². The van der Waals surface area contributed by atoms with Crippen LogP contribution in [0.2, 0.25) is 0 Å². The zero-order valence-electron chi connectivity index (χ0n) is 10.2. The number of nitrogens with zero attached hydrogens (tertiary/aromatic N) is 1. The first kappa shape index (κ1) is 12.9. The quantitative estimate of drug-likeness (QED) is 0.731. The van der Waals surface area contributed by atoms with Crippen LogP contribution in [0.15, 0.2) is 0 Å². The van der Waals surface area contributed by atoms with Crippen LogP contribution < -0.4 is 0 Å². The van der Waals surface area contributed by atoms with Crippen LogP contribution in [0.4, 0.5) is 0 Å². The summed E-state index contributed by atoms with van der Waals surface area (Å²) in [5.41, 5.74) is -0.0675. The third-order valence-corrected chi connectivity index (χ3v) is 3.48. The van der Waals surface area contributed by atoms with Gasteiger partial charge in [0.15, 0.2) is 0 Å². The number of hydrogen-bond acceptors (Lipinski definition) is 2. The molecule has 0 aliphatic rings. The Morgan fingerprint density at radius 1 is 1.15 bits per heavy atom. The lowest BCUT2D eigenvalue weighted by molar-refractivity contribution is -0.0364. The van der Waals surface area contributed by atoms with Crippen molar-refractivity contribution >= 4 is 0 Å². The van der Waals surface area contributed by atoms with E-state index in [0.29, 0.717) is 6.04 Å². The largest absolute Gasteiger partial charge is 0.394 e. The second-order valence-corrected chi connectivity index (χ2v) is 5.39. The molecule has 1 unspecified atom stereocenters. The molecule has 0 saturated carbocycles. The van der Waals surface area contributed by atoms with Crippen LogP contribution >= 0.6 is 0 Å². The molecule has 0 saturated heterocycles. The summed E-state index contributed by atoms with van der Waals surface area (Å²) in [6.45, 7) is 13.1. The van der Waals surface area contributed by atoms with Crippen molar-refractivity contribution in [3.8, 4) is 0 Å². The van der Waals surface area contributed by atoms with Gasteiger partial charge in [-0.1, -0.05) is 20.8 Å². The Kier molecular flexibility index (Phi) is 3.95. The lowest BCUT2D eigenvalue weighted by Crippen LogP contribution is -2.58. The molecule has 80 valence electrons. The van der Waals surface area contributed by atoms with E-state index >= 15 is 0 Å². The van der Waals surface area contributed by atoms with Gasteiger partial charge in [0.2, 0.25) is 0 Å². The molecular weight excluding hydrogens is 162 g/mol. The van der Waals surface area contributed by atoms with Gasteiger partial charge in [-0.2, -0.15) is 0 Å². The molecule has 0 rings (SSSR count). The molecule has 0 aromatic heterocycles. The summed E-state index contributed by atoms with van der Waals surface area (Å²) < 4.78 is 0. The van der Waals surface area contributed by atoms with E-state index in [1.807, 2.05) is 0 Å². The van der Waals surface area contributed by atoms with E-state index in [9.17, 15) is 5.11 Å². The molecule has 0 amide bonds. The molecule has 13 heavy (non-hydrogen) atoms. The van der Waals surface area contributed by atoms with Crippen molar-refractivity contribution in [3.05, 3.63) is 0 Å². The van der Waals surface area contributed by atoms with E-state index in [2.05, 4.69) is 53.5 Å². The minimum atomic E-state index is -0.152. The highest BCUT2D eigenvalue weighted by molar-refractivity contribution is 4.95. The van der Waals surface area contributed by atoms with E-state index in [-0.39, 0.29) is 17.6 Å². The molecule has 2 nitrogen and oxygen atoms in total. The van der Waals surface area contributed by atoms with Crippen molar-refractivity contribution in [2.75, 3.05) is 13.7 Å². The highest BCUT2D eigenvalue weighted by Crippen LogP contribution is 2.35. The van der Waals surface area contributed by atoms with Gasteiger partial charge in [0, 0.05) is 11.6 Å². The maximum atomic E-state index is 9.50. The predicted molar refractivity (Wildman–Crippen MR) is 57.8 cm³/mol. The van der Waals surface area contributed by atoms with Gasteiger partial charge in [-0.05, 0) is 33.2 Å². The number of aliphatic hydroxyl groups excluding tert-OH is 1. The summed E-state index contributed by atoms with van der Waals surface area (Å²) in [5, 5.41) is 9.50. The van der Waals surface area contributed by atoms with Gasteiger partial charge >= 0.3 is 0 Å². The molecular formula is C11H25NO. The molecule has 0 heterocycles. The van der Waals surface area contributed by atoms with Gasteiger partial charge < -0.3 is 5.11 Å². The zero-order chi connectivity index (χ0) is 10.9. The first-order valence-corrected chi connectivity index (χ1v) is 5.00. The highest BCUT2D eigenvalue weighted by atomic mass is 16.3. The summed E-state index contributed by atoms with van der Waals surface area (Å²) in [5.74, 6) is 0. The third-order valence-electron chi connectivity index (χ3n) is 3.48. The molecule has 0 bridgehead atoms. The van der Waals surface area contributed by atoms with Crippen LogP contribution in [0, 0.1) is 5.41 Å². The molecule has 0 aromatic carbocycles. The summed E-state index contributed by atoms with van der Waals surface area (Å²) in [4.78, 5) is 2.24. The average molecular weight is 187 g/mol. The molecule has 1 atom stereocenters. The Labute approximate surface area is 82.9 Å². The minimum absolute atomic E-state index is 0.0841. The molecule has 2 heteroatoms. The SMILES string of the molecule is CC(C)N(C)C(C)(CO)C(C)(C)C. The van der Waals surface area contributed by atoms with Crippen molar-refractivity contribution in [1.82, 2.24) is 4.90 Å². The predicted octanol–water partition coefficient (Wildman–Crippen LogP) is 2.12. The molecule has 0 aliphatic carbocycles. The summed E-state index contributed by atoms with van der Waals surface area (Å²) >= 11 is 0. The lowest BCUT2D eigenvalue weighted by Gasteiger charge is -2.49. The van der Waals surface area contributed by atoms with Crippen molar-refractivity contribution in [1.29, 1.82) is 0 Å². The second kappa shape index (κ2) is 3.97. The van der Waals surface area contributed by atoms with Crippen molar-refractivity contribution in [2.24, 2.45) is 5.41 Å². The molecule has 1 N–H and O–H groups in total. The maximum Gasteiger partial charge on any atom is 0.0617 e. The minimum Gasteiger partial charge on any atom is -0.394 e. The summed E-state index contributed by atoms with van der Waals surface area (Å²) in [7, 11) is 2.08. The van der Waals surface area contributed by atoms with Crippen molar-refractivity contribution in [2.45, 2.75) is 53.1 Å². The monoisotopic (exact) mass is 187 g/mol. The van der Waals surface area contributed by atoms with Crippen LogP contribution in [-0.4, -0.2) is 35.2 Å². The van der Waals surface area contributed by atoms with Gasteiger partial charge in [0.1, 0.15) is 0 Å². The first-order chi connectivity index (χ1) is 5.66. The Morgan fingerprint density at radius 2 is 1.54 bits per heavy atom. The van der Waals surface area contributed by atoms with Crippen molar-refractivity contribution < 1.29 is 5.11 Å². The fourth-order valence-corrected chi connectivity index (χ4v) is 1.45. The standard InChI is InChI=1S/C11H25NO/c1-9(2)12(7)11(6,8-13)10(3,4)5/h9,13H,8H2,1-7H3. The molecule has 0 aliphatic heterocycles. The first-order valence-electron chi connectivity index (χ1n) is 5.00. The topological polar surface area (TPSA) is 23.5 Å². The Morgan fingerprint density at radius 3 is 1.62 bits per heavy atom. The van der Waals surface area contributed by atoms with Crippen molar-refractivity contribution in [3.63, 3.8) is 0 Å². The van der Waals surface area contributed by atoms with Crippen LogP contribution in [0.25, 0.3) is 0 Å². The third kappa shape index (κ3) is 2.44. The van der Waals surface area contributed by atoms with Crippen LogP contribution in [0.1, 0.15) is 41.5 Å². The fourth-order valence-electron chi connectivity index (χ4n) is 1.45. The number of likely N-dealkylation sites (N-methyl/N-ethyl adjacent to an activating group) is 1. The summed E-state index contributed by atoms with van der Waals surface area (Å²) in [6, 6.07) is 0.455. The molecule has 0 aromatic rings. The number of hydrogen-bond donors (Lipinski definition) is 1. The second-order valence-electron chi connectivity index (χ2n) is 5.39. The van der Waals surface area contributed by atoms with E-state index in [4.69, 9.17) is 0 Å². The number of rotatable bonds is 3. The Bertz CT molecular complexity index is 160. The smallest absolute Gasteiger partial charge is 0.0617 e. The zero-order valence-corrected chi connectivity index (χ0v) is 10.2. The van der Waals surface area contributed by atoms with E-state index in [1.54, 1.807) is 0 Å². The highest BCUT2D eigenvalue weighted by Gasteiger charge is 2.41. The Balaban J connectivity index is 4.84. The number of aliphatic hydroxyl groups is 1. The van der Waals surface area contributed by atoms with Gasteiger partial charge in [-0.3, -0.25) is 4.90 Å². The molecule has 0 spiro atoms. The lowest BCUT2D eigenvalue weighted by atomic mass is 9.74. The van der Waals surface area contributed by atoms with E-state index in [0.717, 1.165) is 0 Å². The maximum absolute atomic E-state index is 9.50. The van der Waals surface area contributed by atoms with Crippen LogP contribution in [0.5, 0.6) is 0 Å². The average Bonchev–Trinajstić information content (AvgIpc) is 1.99.